The Morgan fingerprint density at radius 3 is 2.92 bits per heavy atom. The van der Waals surface area contributed by atoms with Gasteiger partial charge in [-0.25, -0.2) is 9.97 Å². The lowest BCUT2D eigenvalue weighted by Crippen LogP contribution is -2.47. The molecule has 130 valence electrons. The fraction of sp³-hybridized carbons (Fsp3) is 0.421. The number of methoxy groups -OCH3 is 1. The molecule has 1 fully saturated rings. The molecule has 0 aliphatic carbocycles. The Bertz CT molecular complexity index is 823. The first-order valence-electron chi connectivity index (χ1n) is 8.57. The van der Waals surface area contributed by atoms with E-state index in [1.165, 1.54) is 24.6 Å². The molecule has 1 aromatic carbocycles. The van der Waals surface area contributed by atoms with Crippen LogP contribution in [0.1, 0.15) is 34.0 Å². The smallest absolute Gasteiger partial charge is 0.277 e. The van der Waals surface area contributed by atoms with Crippen molar-refractivity contribution in [2.75, 3.05) is 32.1 Å². The van der Waals surface area contributed by atoms with E-state index in [9.17, 15) is 4.79 Å². The van der Waals surface area contributed by atoms with Crippen LogP contribution in [0.3, 0.4) is 0 Å². The van der Waals surface area contributed by atoms with Crippen molar-refractivity contribution in [3.05, 3.63) is 47.4 Å². The third-order valence-corrected chi connectivity index (χ3v) is 5.24. The molecule has 25 heavy (non-hydrogen) atoms. The molecule has 2 aliphatic rings. The molecule has 6 nitrogen and oxygen atoms in total. The van der Waals surface area contributed by atoms with E-state index in [-0.39, 0.29) is 11.9 Å². The van der Waals surface area contributed by atoms with Crippen molar-refractivity contribution >= 4 is 11.6 Å². The van der Waals surface area contributed by atoms with Gasteiger partial charge in [-0.05, 0) is 38.6 Å². The predicted octanol–water partition coefficient (Wildman–Crippen LogP) is 2.24. The van der Waals surface area contributed by atoms with Gasteiger partial charge in [0.1, 0.15) is 12.0 Å². The molecule has 6 heteroatoms. The van der Waals surface area contributed by atoms with Crippen LogP contribution in [0.4, 0.5) is 5.69 Å². The number of ether oxygens (including phenoxy) is 1. The minimum Gasteiger partial charge on any atom is -0.481 e. The van der Waals surface area contributed by atoms with Crippen LogP contribution in [-0.4, -0.2) is 54.1 Å². The van der Waals surface area contributed by atoms with Gasteiger partial charge >= 0.3 is 0 Å². The van der Waals surface area contributed by atoms with Crippen LogP contribution in [0.15, 0.2) is 30.6 Å². The summed E-state index contributed by atoms with van der Waals surface area (Å²) in [6.45, 7) is 4.06. The lowest BCUT2D eigenvalue weighted by molar-refractivity contribution is 0.0959. The molecule has 2 unspecified atom stereocenters. The van der Waals surface area contributed by atoms with Crippen LogP contribution < -0.4 is 9.64 Å². The monoisotopic (exact) mass is 338 g/mol. The number of fused-ring (bicyclic) bond motifs is 3. The van der Waals surface area contributed by atoms with E-state index in [1.54, 1.807) is 6.07 Å². The summed E-state index contributed by atoms with van der Waals surface area (Å²) in [5.41, 5.74) is 3.88. The number of carbonyl (C=O) groups excluding carboxylic acids is 1. The third-order valence-electron chi connectivity index (χ3n) is 5.24. The first-order chi connectivity index (χ1) is 12.1. The number of hydrogen-bond acceptors (Lipinski definition) is 5. The maximum absolute atomic E-state index is 13.3. The number of nitrogens with zero attached hydrogens (tertiary/aromatic N) is 4. The van der Waals surface area contributed by atoms with Gasteiger partial charge in [0.05, 0.1) is 7.11 Å². The summed E-state index contributed by atoms with van der Waals surface area (Å²) < 4.78 is 5.15. The Kier molecular flexibility index (Phi) is 3.92. The number of aryl methyl sites for hydroxylation is 1. The van der Waals surface area contributed by atoms with E-state index < -0.39 is 0 Å². The zero-order valence-electron chi connectivity index (χ0n) is 14.8. The van der Waals surface area contributed by atoms with Gasteiger partial charge in [-0.3, -0.25) is 4.79 Å². The lowest BCUT2D eigenvalue weighted by atomic mass is 9.89. The molecule has 0 N–H and O–H groups in total. The molecular weight excluding hydrogens is 316 g/mol. The average Bonchev–Trinajstić information content (AvgIpc) is 2.94. The molecule has 0 radical (unpaired) electrons. The van der Waals surface area contributed by atoms with E-state index in [0.717, 1.165) is 25.2 Å². The summed E-state index contributed by atoms with van der Waals surface area (Å²) in [7, 11) is 3.68. The summed E-state index contributed by atoms with van der Waals surface area (Å²) in [5.74, 6) is 0.672. The van der Waals surface area contributed by atoms with Gasteiger partial charge in [-0.2, -0.15) is 0 Å². The number of likely N-dealkylation sites (tertiary alicyclic amines) is 1. The molecule has 4 rings (SSSR count). The third kappa shape index (κ3) is 2.66. The number of carbonyl (C=O) groups is 1. The number of amides is 1. The van der Waals surface area contributed by atoms with Crippen LogP contribution in [0.2, 0.25) is 0 Å². The second-order valence-electron chi connectivity index (χ2n) is 6.91. The van der Waals surface area contributed by atoms with Crippen molar-refractivity contribution in [3.8, 4) is 5.88 Å². The molecule has 2 aromatic rings. The largest absolute Gasteiger partial charge is 0.481 e. The fourth-order valence-electron chi connectivity index (χ4n) is 4.04. The van der Waals surface area contributed by atoms with Gasteiger partial charge in [0.15, 0.2) is 0 Å². The van der Waals surface area contributed by atoms with Crippen molar-refractivity contribution in [2.45, 2.75) is 25.3 Å². The molecule has 0 saturated carbocycles. The fourth-order valence-corrected chi connectivity index (χ4v) is 4.04. The number of likely N-dealkylation sites (N-methyl/N-ethyl adjacent to an activating group) is 1. The zero-order valence-corrected chi connectivity index (χ0v) is 14.8. The Hall–Kier alpha value is -2.47. The van der Waals surface area contributed by atoms with E-state index in [2.05, 4.69) is 47.0 Å². The lowest BCUT2D eigenvalue weighted by Gasteiger charge is -2.36. The minimum atomic E-state index is -0.0807. The molecule has 3 heterocycles. The Morgan fingerprint density at radius 1 is 1.28 bits per heavy atom. The molecule has 1 saturated heterocycles. The van der Waals surface area contributed by atoms with Crippen molar-refractivity contribution < 1.29 is 9.53 Å². The average molecular weight is 338 g/mol. The Labute approximate surface area is 147 Å². The number of aromatic nitrogens is 2. The van der Waals surface area contributed by atoms with Crippen molar-refractivity contribution in [1.29, 1.82) is 0 Å². The van der Waals surface area contributed by atoms with Crippen molar-refractivity contribution in [3.63, 3.8) is 0 Å². The van der Waals surface area contributed by atoms with Gasteiger partial charge in [0.25, 0.3) is 5.91 Å². The summed E-state index contributed by atoms with van der Waals surface area (Å²) in [4.78, 5) is 25.7. The maximum atomic E-state index is 13.3. The summed E-state index contributed by atoms with van der Waals surface area (Å²) >= 11 is 0. The Morgan fingerprint density at radius 2 is 2.12 bits per heavy atom. The number of benzene rings is 1. The highest BCUT2D eigenvalue weighted by Gasteiger charge is 2.44. The molecule has 0 spiro atoms. The van der Waals surface area contributed by atoms with Crippen LogP contribution in [0, 0.1) is 6.92 Å². The summed E-state index contributed by atoms with van der Waals surface area (Å²) in [6.07, 6.45) is 2.34. The zero-order chi connectivity index (χ0) is 17.6. The highest BCUT2D eigenvalue weighted by molar-refractivity contribution is 6.07. The van der Waals surface area contributed by atoms with E-state index in [4.69, 9.17) is 4.74 Å². The quantitative estimate of drug-likeness (QED) is 0.840. The van der Waals surface area contributed by atoms with Crippen molar-refractivity contribution in [1.82, 2.24) is 14.9 Å². The highest BCUT2D eigenvalue weighted by Crippen LogP contribution is 2.45. The van der Waals surface area contributed by atoms with Crippen LogP contribution in [0.25, 0.3) is 0 Å². The highest BCUT2D eigenvalue weighted by atomic mass is 16.5. The topological polar surface area (TPSA) is 58.6 Å². The van der Waals surface area contributed by atoms with Crippen LogP contribution in [0.5, 0.6) is 5.88 Å². The molecule has 0 bridgehead atoms. The Balaban J connectivity index is 1.77. The van der Waals surface area contributed by atoms with Crippen molar-refractivity contribution in [2.24, 2.45) is 0 Å². The molecular formula is C19H22N4O2. The molecule has 1 amide bonds. The van der Waals surface area contributed by atoms with Gasteiger partial charge in [-0.15, -0.1) is 0 Å². The second-order valence-corrected chi connectivity index (χ2v) is 6.91. The number of rotatable bonds is 2. The first-order valence-corrected chi connectivity index (χ1v) is 8.57. The normalized spacial score (nSPS) is 22.4. The number of anilines is 1. The first kappa shape index (κ1) is 16.0. The van der Waals surface area contributed by atoms with Gasteiger partial charge in [0.2, 0.25) is 5.88 Å². The van der Waals surface area contributed by atoms with Crippen LogP contribution in [-0.2, 0) is 0 Å². The van der Waals surface area contributed by atoms with E-state index in [0.29, 0.717) is 17.5 Å². The van der Waals surface area contributed by atoms with E-state index in [1.807, 2.05) is 4.90 Å². The van der Waals surface area contributed by atoms with Crippen LogP contribution >= 0.6 is 0 Å². The summed E-state index contributed by atoms with van der Waals surface area (Å²) in [5, 5.41) is 0. The number of piperidine rings is 1. The SMILES string of the molecule is COc1cc(C(=O)N2c3ccc(C)cc3C3CN(C)CCC32)ncn1. The van der Waals surface area contributed by atoms with Gasteiger partial charge < -0.3 is 14.5 Å². The minimum absolute atomic E-state index is 0.0807. The predicted molar refractivity (Wildman–Crippen MR) is 95.2 cm³/mol. The molecule has 2 aliphatic heterocycles. The maximum Gasteiger partial charge on any atom is 0.277 e. The second kappa shape index (κ2) is 6.11. The van der Waals surface area contributed by atoms with Gasteiger partial charge in [0, 0.05) is 30.3 Å². The van der Waals surface area contributed by atoms with Gasteiger partial charge in [-0.1, -0.05) is 17.7 Å². The molecule has 1 aromatic heterocycles. The summed E-state index contributed by atoms with van der Waals surface area (Å²) in [6, 6.07) is 8.15. The standard InChI is InChI=1S/C19H22N4O2/c1-12-4-5-16-13(8-12)14-10-22(2)7-6-17(14)23(16)19(24)15-9-18(25-3)21-11-20-15/h4-5,8-9,11,14,17H,6-7,10H2,1-3H3. The number of hydrogen-bond donors (Lipinski definition) is 0. The molecule has 2 atom stereocenters. The van der Waals surface area contributed by atoms with E-state index >= 15 is 0 Å².